The minimum atomic E-state index is -0.933. The van der Waals surface area contributed by atoms with E-state index in [1.54, 1.807) is 0 Å². The maximum absolute atomic E-state index is 11.5. The van der Waals surface area contributed by atoms with Crippen molar-refractivity contribution in [3.8, 4) is 0 Å². The Labute approximate surface area is 128 Å². The zero-order valence-corrected chi connectivity index (χ0v) is 12.5. The molecule has 0 bridgehead atoms. The summed E-state index contributed by atoms with van der Waals surface area (Å²) < 4.78 is 2.12. The number of hydrogen-bond donors (Lipinski definition) is 3. The molecule has 0 spiro atoms. The fraction of sp³-hybridized carbons (Fsp3) is 0.400. The Hall–Kier alpha value is -2.57. The number of para-hydroxylation sites is 2. The quantitative estimate of drug-likeness (QED) is 0.720. The van der Waals surface area contributed by atoms with Gasteiger partial charge in [-0.25, -0.2) is 9.78 Å². The number of aliphatic carboxylic acids is 1. The lowest BCUT2D eigenvalue weighted by molar-refractivity contribution is -0.136. The fourth-order valence-electron chi connectivity index (χ4n) is 2.30. The third-order valence-corrected chi connectivity index (χ3v) is 3.31. The van der Waals surface area contributed by atoms with E-state index in [1.165, 1.54) is 0 Å². The number of benzene rings is 1. The van der Waals surface area contributed by atoms with Crippen molar-refractivity contribution < 1.29 is 14.7 Å². The van der Waals surface area contributed by atoms with Crippen LogP contribution in [-0.4, -0.2) is 39.7 Å². The number of aromatic nitrogens is 2. The molecule has 7 nitrogen and oxygen atoms in total. The van der Waals surface area contributed by atoms with E-state index in [1.807, 2.05) is 24.3 Å². The standard InChI is InChI=1S/C15H20N4O3/c1-2-19-12-6-4-3-5-11(12)18-13(19)7-9-16-15(22)17-10-8-14(20)21/h3-6H,2,7-10H2,1H3,(H,20,21)(H2,16,17,22). The van der Waals surface area contributed by atoms with Crippen LogP contribution in [0.4, 0.5) is 4.79 Å². The molecule has 3 N–H and O–H groups in total. The number of hydrogen-bond acceptors (Lipinski definition) is 3. The van der Waals surface area contributed by atoms with Crippen molar-refractivity contribution in [3.63, 3.8) is 0 Å². The van der Waals surface area contributed by atoms with E-state index in [4.69, 9.17) is 5.11 Å². The first-order chi connectivity index (χ1) is 10.6. The summed E-state index contributed by atoms with van der Waals surface area (Å²) in [7, 11) is 0. The van der Waals surface area contributed by atoms with Gasteiger partial charge in [-0.05, 0) is 19.1 Å². The molecule has 1 aromatic carbocycles. The number of nitrogens with zero attached hydrogens (tertiary/aromatic N) is 2. The van der Waals surface area contributed by atoms with E-state index < -0.39 is 5.97 Å². The fourth-order valence-corrected chi connectivity index (χ4v) is 2.30. The van der Waals surface area contributed by atoms with Crippen molar-refractivity contribution in [3.05, 3.63) is 30.1 Å². The van der Waals surface area contributed by atoms with E-state index in [0.717, 1.165) is 23.4 Å². The summed E-state index contributed by atoms with van der Waals surface area (Å²) in [6.45, 7) is 3.45. The maximum Gasteiger partial charge on any atom is 0.314 e. The molecule has 118 valence electrons. The van der Waals surface area contributed by atoms with Crippen LogP contribution >= 0.6 is 0 Å². The molecule has 0 aliphatic rings. The van der Waals surface area contributed by atoms with Gasteiger partial charge in [-0.1, -0.05) is 12.1 Å². The van der Waals surface area contributed by atoms with Crippen LogP contribution < -0.4 is 10.6 Å². The monoisotopic (exact) mass is 304 g/mol. The first-order valence-corrected chi connectivity index (χ1v) is 7.29. The van der Waals surface area contributed by atoms with Gasteiger partial charge in [0.05, 0.1) is 17.5 Å². The first kappa shape index (κ1) is 15.8. The lowest BCUT2D eigenvalue weighted by Crippen LogP contribution is -2.37. The Kier molecular flexibility index (Phi) is 5.35. The second kappa shape index (κ2) is 7.44. The Morgan fingerprint density at radius 1 is 1.23 bits per heavy atom. The van der Waals surface area contributed by atoms with Gasteiger partial charge in [0.2, 0.25) is 0 Å². The van der Waals surface area contributed by atoms with Crippen molar-refractivity contribution in [1.82, 2.24) is 20.2 Å². The van der Waals surface area contributed by atoms with Crippen LogP contribution in [0.25, 0.3) is 11.0 Å². The lowest BCUT2D eigenvalue weighted by Gasteiger charge is -2.08. The van der Waals surface area contributed by atoms with Gasteiger partial charge in [-0.2, -0.15) is 0 Å². The number of carboxylic acid groups (broad SMARTS) is 1. The maximum atomic E-state index is 11.5. The van der Waals surface area contributed by atoms with Gasteiger partial charge >= 0.3 is 12.0 Å². The summed E-state index contributed by atoms with van der Waals surface area (Å²) in [4.78, 5) is 26.4. The molecule has 2 aromatic rings. The third kappa shape index (κ3) is 3.97. The molecule has 1 aromatic heterocycles. The Balaban J connectivity index is 1.87. The molecule has 1 heterocycles. The van der Waals surface area contributed by atoms with Gasteiger partial charge in [0.1, 0.15) is 5.82 Å². The summed E-state index contributed by atoms with van der Waals surface area (Å²) in [5.74, 6) is -0.00787. The van der Waals surface area contributed by atoms with Crippen LogP contribution in [0.3, 0.4) is 0 Å². The second-order valence-electron chi connectivity index (χ2n) is 4.84. The number of carbonyl (C=O) groups excluding carboxylic acids is 1. The smallest absolute Gasteiger partial charge is 0.314 e. The summed E-state index contributed by atoms with van der Waals surface area (Å²) >= 11 is 0. The van der Waals surface area contributed by atoms with Gasteiger partial charge in [0.25, 0.3) is 0 Å². The number of amides is 2. The summed E-state index contributed by atoms with van der Waals surface area (Å²) in [6.07, 6.45) is 0.536. The number of nitrogens with one attached hydrogen (secondary N) is 2. The summed E-state index contributed by atoms with van der Waals surface area (Å²) in [6, 6.07) is 7.57. The zero-order chi connectivity index (χ0) is 15.9. The molecule has 0 unspecified atom stereocenters. The van der Waals surface area contributed by atoms with Crippen molar-refractivity contribution >= 4 is 23.0 Å². The third-order valence-electron chi connectivity index (χ3n) is 3.31. The van der Waals surface area contributed by atoms with Crippen LogP contribution in [0.15, 0.2) is 24.3 Å². The molecular formula is C15H20N4O3. The number of urea groups is 1. The van der Waals surface area contributed by atoms with E-state index in [0.29, 0.717) is 13.0 Å². The Morgan fingerprint density at radius 2 is 1.95 bits per heavy atom. The highest BCUT2D eigenvalue weighted by atomic mass is 16.4. The minimum absolute atomic E-state index is 0.0843. The normalized spacial score (nSPS) is 10.6. The van der Waals surface area contributed by atoms with E-state index in [-0.39, 0.29) is 19.0 Å². The molecule has 0 aliphatic heterocycles. The molecule has 7 heteroatoms. The molecule has 0 saturated carbocycles. The summed E-state index contributed by atoms with van der Waals surface area (Å²) in [5.41, 5.74) is 2.04. The number of fused-ring (bicyclic) bond motifs is 1. The SMILES string of the molecule is CCn1c(CCNC(=O)NCCC(=O)O)nc2ccccc21. The molecule has 2 amide bonds. The van der Waals surface area contributed by atoms with Crippen molar-refractivity contribution in [2.45, 2.75) is 26.3 Å². The van der Waals surface area contributed by atoms with Gasteiger partial charge in [-0.3, -0.25) is 4.79 Å². The largest absolute Gasteiger partial charge is 0.481 e. The topological polar surface area (TPSA) is 96.2 Å². The second-order valence-corrected chi connectivity index (χ2v) is 4.84. The van der Waals surface area contributed by atoms with Crippen LogP contribution in [0.1, 0.15) is 19.2 Å². The van der Waals surface area contributed by atoms with Crippen LogP contribution in [-0.2, 0) is 17.8 Å². The van der Waals surface area contributed by atoms with Gasteiger partial charge in [0, 0.05) is 26.1 Å². The van der Waals surface area contributed by atoms with Gasteiger partial charge in [0.15, 0.2) is 0 Å². The predicted octanol–water partition coefficient (Wildman–Crippen LogP) is 1.37. The predicted molar refractivity (Wildman–Crippen MR) is 82.8 cm³/mol. The minimum Gasteiger partial charge on any atom is -0.481 e. The van der Waals surface area contributed by atoms with Crippen LogP contribution in [0.5, 0.6) is 0 Å². The number of imidazole rings is 1. The molecule has 0 atom stereocenters. The van der Waals surface area contributed by atoms with Gasteiger partial charge < -0.3 is 20.3 Å². The molecular weight excluding hydrogens is 284 g/mol. The highest BCUT2D eigenvalue weighted by Crippen LogP contribution is 2.15. The van der Waals surface area contributed by atoms with Crippen molar-refractivity contribution in [1.29, 1.82) is 0 Å². The first-order valence-electron chi connectivity index (χ1n) is 7.29. The average molecular weight is 304 g/mol. The summed E-state index contributed by atoms with van der Waals surface area (Å²) in [5, 5.41) is 13.7. The van der Waals surface area contributed by atoms with Crippen molar-refractivity contribution in [2.24, 2.45) is 0 Å². The molecule has 0 radical (unpaired) electrons. The molecule has 22 heavy (non-hydrogen) atoms. The number of carboxylic acids is 1. The van der Waals surface area contributed by atoms with Crippen LogP contribution in [0, 0.1) is 0 Å². The Bertz CT molecular complexity index is 666. The highest BCUT2D eigenvalue weighted by Gasteiger charge is 2.09. The molecule has 0 aliphatic carbocycles. The van der Waals surface area contributed by atoms with Crippen molar-refractivity contribution in [2.75, 3.05) is 13.1 Å². The molecule has 0 fully saturated rings. The number of carbonyl (C=O) groups is 2. The van der Waals surface area contributed by atoms with E-state index in [2.05, 4.69) is 27.1 Å². The number of rotatable bonds is 7. The van der Waals surface area contributed by atoms with Crippen LogP contribution in [0.2, 0.25) is 0 Å². The molecule has 0 saturated heterocycles. The average Bonchev–Trinajstić information content (AvgIpc) is 2.84. The Morgan fingerprint density at radius 3 is 2.68 bits per heavy atom. The lowest BCUT2D eigenvalue weighted by atomic mass is 10.3. The van der Waals surface area contributed by atoms with E-state index >= 15 is 0 Å². The van der Waals surface area contributed by atoms with Gasteiger partial charge in [-0.15, -0.1) is 0 Å². The number of aryl methyl sites for hydroxylation is 1. The highest BCUT2D eigenvalue weighted by molar-refractivity contribution is 5.76. The molecule has 2 rings (SSSR count). The zero-order valence-electron chi connectivity index (χ0n) is 12.5. The van der Waals surface area contributed by atoms with E-state index in [9.17, 15) is 9.59 Å².